The standard InChI is InChI=1S/C12H18FN.H2/c1-5-14-11-8-9(12(2,3)4)6-7-10(11)13;/h6-8,14H,5H2,1-4H3;1H. The second-order valence-corrected chi connectivity index (χ2v) is 4.47. The summed E-state index contributed by atoms with van der Waals surface area (Å²) in [5.74, 6) is -0.181. The lowest BCUT2D eigenvalue weighted by molar-refractivity contribution is 0.584. The highest BCUT2D eigenvalue weighted by Gasteiger charge is 2.15. The molecule has 0 saturated heterocycles. The van der Waals surface area contributed by atoms with E-state index in [-0.39, 0.29) is 12.7 Å². The molecule has 0 heterocycles. The van der Waals surface area contributed by atoms with Crippen LogP contribution in [0, 0.1) is 5.82 Å². The van der Waals surface area contributed by atoms with Gasteiger partial charge in [0.25, 0.3) is 0 Å². The lowest BCUT2D eigenvalue weighted by Gasteiger charge is -2.20. The average molecular weight is 197 g/mol. The molecule has 1 aromatic carbocycles. The normalized spacial score (nSPS) is 11.5. The molecule has 0 aliphatic rings. The summed E-state index contributed by atoms with van der Waals surface area (Å²) in [5.41, 5.74) is 1.81. The molecule has 2 heteroatoms. The molecule has 0 aliphatic carbocycles. The van der Waals surface area contributed by atoms with E-state index in [1.54, 1.807) is 0 Å². The number of hydrogen-bond donors (Lipinski definition) is 1. The molecule has 0 saturated carbocycles. The van der Waals surface area contributed by atoms with Gasteiger partial charge in [0.15, 0.2) is 0 Å². The Hall–Kier alpha value is -1.05. The van der Waals surface area contributed by atoms with Gasteiger partial charge in [-0.15, -0.1) is 0 Å². The summed E-state index contributed by atoms with van der Waals surface area (Å²) in [5, 5.41) is 3.01. The maximum absolute atomic E-state index is 13.3. The highest BCUT2D eigenvalue weighted by Crippen LogP contribution is 2.26. The minimum atomic E-state index is -0.181. The Kier molecular flexibility index (Phi) is 3.14. The molecule has 1 aromatic rings. The largest absolute Gasteiger partial charge is 0.383 e. The van der Waals surface area contributed by atoms with Crippen molar-refractivity contribution in [3.63, 3.8) is 0 Å². The third-order valence-corrected chi connectivity index (χ3v) is 2.20. The van der Waals surface area contributed by atoms with Crippen molar-refractivity contribution in [1.29, 1.82) is 0 Å². The molecule has 1 N–H and O–H groups in total. The van der Waals surface area contributed by atoms with Gasteiger partial charge in [-0.05, 0) is 30.0 Å². The number of anilines is 1. The van der Waals surface area contributed by atoms with Crippen molar-refractivity contribution in [2.75, 3.05) is 11.9 Å². The van der Waals surface area contributed by atoms with Gasteiger partial charge in [0.2, 0.25) is 0 Å². The van der Waals surface area contributed by atoms with E-state index < -0.39 is 0 Å². The Morgan fingerprint density at radius 1 is 1.36 bits per heavy atom. The smallest absolute Gasteiger partial charge is 0.146 e. The summed E-state index contributed by atoms with van der Waals surface area (Å²) in [4.78, 5) is 0. The second-order valence-electron chi connectivity index (χ2n) is 4.47. The Balaban J connectivity index is 0.00000196. The van der Waals surface area contributed by atoms with E-state index in [0.29, 0.717) is 5.69 Å². The third kappa shape index (κ3) is 2.47. The monoisotopic (exact) mass is 197 g/mol. The molecule has 1 nitrogen and oxygen atoms in total. The molecule has 80 valence electrons. The van der Waals surface area contributed by atoms with E-state index >= 15 is 0 Å². The molecule has 0 aromatic heterocycles. The summed E-state index contributed by atoms with van der Waals surface area (Å²) >= 11 is 0. The van der Waals surface area contributed by atoms with E-state index in [0.717, 1.165) is 12.1 Å². The number of rotatable bonds is 2. The van der Waals surface area contributed by atoms with Gasteiger partial charge in [0, 0.05) is 7.97 Å². The molecule has 1 rings (SSSR count). The Morgan fingerprint density at radius 2 is 2.00 bits per heavy atom. The molecular weight excluding hydrogens is 177 g/mol. The Bertz CT molecular complexity index is 318. The third-order valence-electron chi connectivity index (χ3n) is 2.20. The van der Waals surface area contributed by atoms with Crippen molar-refractivity contribution in [2.24, 2.45) is 0 Å². The molecule has 0 amide bonds. The fraction of sp³-hybridized carbons (Fsp3) is 0.500. The van der Waals surface area contributed by atoms with E-state index in [9.17, 15) is 4.39 Å². The summed E-state index contributed by atoms with van der Waals surface area (Å²) in [7, 11) is 0. The maximum atomic E-state index is 13.3. The number of hydrogen-bond acceptors (Lipinski definition) is 1. The first-order valence-corrected chi connectivity index (χ1v) is 4.99. The van der Waals surface area contributed by atoms with Crippen LogP contribution in [0.3, 0.4) is 0 Å². The van der Waals surface area contributed by atoms with Crippen LogP contribution in [-0.2, 0) is 5.41 Å². The predicted molar refractivity (Wildman–Crippen MR) is 61.4 cm³/mol. The number of benzene rings is 1. The summed E-state index contributed by atoms with van der Waals surface area (Å²) < 4.78 is 13.3. The number of nitrogens with one attached hydrogen (secondary N) is 1. The van der Waals surface area contributed by atoms with Crippen LogP contribution in [0.1, 0.15) is 34.7 Å². The van der Waals surface area contributed by atoms with Crippen molar-refractivity contribution < 1.29 is 5.82 Å². The molecule has 0 fully saturated rings. The second kappa shape index (κ2) is 3.99. The van der Waals surface area contributed by atoms with Gasteiger partial charge in [0.1, 0.15) is 5.82 Å². The minimum Gasteiger partial charge on any atom is -0.383 e. The van der Waals surface area contributed by atoms with Gasteiger partial charge >= 0.3 is 0 Å². The van der Waals surface area contributed by atoms with Crippen LogP contribution in [0.25, 0.3) is 0 Å². The SMILES string of the molecule is CCNc1cc(C(C)(C)C)ccc1F.[HH]. The first-order chi connectivity index (χ1) is 6.45. The van der Waals surface area contributed by atoms with Crippen molar-refractivity contribution in [3.8, 4) is 0 Å². The first-order valence-electron chi connectivity index (χ1n) is 4.99. The van der Waals surface area contributed by atoms with E-state index in [1.807, 2.05) is 19.1 Å². The van der Waals surface area contributed by atoms with Gasteiger partial charge in [-0.2, -0.15) is 0 Å². The zero-order chi connectivity index (χ0) is 10.8. The predicted octanol–water partition coefficient (Wildman–Crippen LogP) is 3.80. The fourth-order valence-electron chi connectivity index (χ4n) is 1.32. The topological polar surface area (TPSA) is 12.0 Å². The molecule has 0 radical (unpaired) electrons. The number of halogens is 1. The molecule has 0 atom stereocenters. The highest BCUT2D eigenvalue weighted by atomic mass is 19.1. The molecule has 0 unspecified atom stereocenters. The Labute approximate surface area is 86.8 Å². The van der Waals surface area contributed by atoms with Crippen LogP contribution < -0.4 is 5.32 Å². The summed E-state index contributed by atoms with van der Waals surface area (Å²) in [6, 6.07) is 5.26. The van der Waals surface area contributed by atoms with E-state index in [2.05, 4.69) is 26.1 Å². The maximum Gasteiger partial charge on any atom is 0.146 e. The van der Waals surface area contributed by atoms with Gasteiger partial charge in [-0.3, -0.25) is 0 Å². The zero-order valence-corrected chi connectivity index (χ0v) is 9.32. The molecular formula is C12H20FN. The van der Waals surface area contributed by atoms with Crippen LogP contribution in [0.4, 0.5) is 10.1 Å². The van der Waals surface area contributed by atoms with Gasteiger partial charge in [-0.1, -0.05) is 26.8 Å². The fourth-order valence-corrected chi connectivity index (χ4v) is 1.32. The van der Waals surface area contributed by atoms with Crippen LogP contribution >= 0.6 is 0 Å². The van der Waals surface area contributed by atoms with Crippen molar-refractivity contribution in [2.45, 2.75) is 33.1 Å². The van der Waals surface area contributed by atoms with Crippen molar-refractivity contribution in [1.82, 2.24) is 0 Å². The van der Waals surface area contributed by atoms with Crippen LogP contribution in [0.15, 0.2) is 18.2 Å². The lowest BCUT2D eigenvalue weighted by Crippen LogP contribution is -2.12. The molecule has 0 aliphatic heterocycles. The quantitative estimate of drug-likeness (QED) is 0.760. The highest BCUT2D eigenvalue weighted by molar-refractivity contribution is 5.48. The van der Waals surface area contributed by atoms with Crippen LogP contribution in [-0.4, -0.2) is 6.54 Å². The molecule has 0 bridgehead atoms. The lowest BCUT2D eigenvalue weighted by atomic mass is 9.87. The van der Waals surface area contributed by atoms with Gasteiger partial charge in [0.05, 0.1) is 5.69 Å². The molecule has 0 spiro atoms. The van der Waals surface area contributed by atoms with Gasteiger partial charge < -0.3 is 5.32 Å². The first kappa shape index (κ1) is 11.0. The van der Waals surface area contributed by atoms with E-state index in [4.69, 9.17) is 0 Å². The van der Waals surface area contributed by atoms with Crippen LogP contribution in [0.2, 0.25) is 0 Å². The van der Waals surface area contributed by atoms with Gasteiger partial charge in [-0.25, -0.2) is 4.39 Å². The average Bonchev–Trinajstić information content (AvgIpc) is 2.07. The summed E-state index contributed by atoms with van der Waals surface area (Å²) in [6.45, 7) is 9.07. The summed E-state index contributed by atoms with van der Waals surface area (Å²) in [6.07, 6.45) is 0. The Morgan fingerprint density at radius 3 is 2.50 bits per heavy atom. The van der Waals surface area contributed by atoms with E-state index in [1.165, 1.54) is 6.07 Å². The van der Waals surface area contributed by atoms with Crippen LogP contribution in [0.5, 0.6) is 0 Å². The zero-order valence-electron chi connectivity index (χ0n) is 9.32. The van der Waals surface area contributed by atoms with Crippen molar-refractivity contribution in [3.05, 3.63) is 29.6 Å². The van der Waals surface area contributed by atoms with Crippen molar-refractivity contribution >= 4 is 5.69 Å². The minimum absolute atomic E-state index is 0. The molecule has 14 heavy (non-hydrogen) atoms.